The van der Waals surface area contributed by atoms with E-state index in [1.165, 1.54) is 22.3 Å². The van der Waals surface area contributed by atoms with E-state index in [0.29, 0.717) is 11.5 Å². The molecule has 6 rings (SSSR count). The fourth-order valence-electron chi connectivity index (χ4n) is 7.96. The van der Waals surface area contributed by atoms with Crippen molar-refractivity contribution in [1.82, 2.24) is 0 Å². The van der Waals surface area contributed by atoms with Gasteiger partial charge in [0.1, 0.15) is 23.0 Å². The lowest BCUT2D eigenvalue weighted by Crippen LogP contribution is -2.46. The van der Waals surface area contributed by atoms with Crippen molar-refractivity contribution in [3.63, 3.8) is 0 Å². The number of hydrogen-bond acceptors (Lipinski definition) is 4. The molecule has 0 aliphatic heterocycles. The van der Waals surface area contributed by atoms with E-state index in [4.69, 9.17) is 14.2 Å². The number of rotatable bonds is 4. The summed E-state index contributed by atoms with van der Waals surface area (Å²) < 4.78 is 17.1. The fourth-order valence-corrected chi connectivity index (χ4v) is 7.96. The number of phenolic OH excluding ortho intramolecular Hbond substituents is 1. The van der Waals surface area contributed by atoms with Crippen molar-refractivity contribution in [2.45, 2.75) is 46.0 Å². The van der Waals surface area contributed by atoms with Crippen LogP contribution in [0.15, 0.2) is 60.7 Å². The molecule has 0 unspecified atom stereocenters. The molecule has 4 aromatic rings. The number of benzene rings is 4. The second-order valence-corrected chi connectivity index (χ2v) is 12.0. The lowest BCUT2D eigenvalue weighted by molar-refractivity contribution is 0.150. The average molecular weight is 509 g/mol. The molecule has 4 heteroatoms. The summed E-state index contributed by atoms with van der Waals surface area (Å²) in [6, 6.07) is 20.8. The Hall–Kier alpha value is -3.66. The zero-order chi connectivity index (χ0) is 27.0. The van der Waals surface area contributed by atoms with Crippen LogP contribution in [0.3, 0.4) is 0 Å². The average Bonchev–Trinajstić information content (AvgIpc) is 3.33. The Kier molecular flexibility index (Phi) is 5.30. The summed E-state index contributed by atoms with van der Waals surface area (Å²) in [7, 11) is 4.99. The summed E-state index contributed by atoms with van der Waals surface area (Å²) in [4.78, 5) is 0. The molecule has 38 heavy (non-hydrogen) atoms. The van der Waals surface area contributed by atoms with Crippen molar-refractivity contribution in [2.24, 2.45) is 10.8 Å². The molecule has 4 aromatic carbocycles. The second kappa shape index (κ2) is 8.17. The van der Waals surface area contributed by atoms with Crippen molar-refractivity contribution >= 4 is 10.8 Å². The van der Waals surface area contributed by atoms with Crippen LogP contribution < -0.4 is 14.2 Å². The molecule has 0 heterocycles. The van der Waals surface area contributed by atoms with Crippen molar-refractivity contribution < 1.29 is 19.3 Å². The third kappa shape index (κ3) is 2.97. The minimum Gasteiger partial charge on any atom is -0.507 e. The Morgan fingerprint density at radius 3 is 1.95 bits per heavy atom. The maximum Gasteiger partial charge on any atom is 0.130 e. The summed E-state index contributed by atoms with van der Waals surface area (Å²) in [6.07, 6.45) is 2.26. The molecular formula is C34H36O4. The molecule has 0 bridgehead atoms. The van der Waals surface area contributed by atoms with Crippen LogP contribution in [0, 0.1) is 10.8 Å². The van der Waals surface area contributed by atoms with Crippen LogP contribution in [0.5, 0.6) is 23.0 Å². The van der Waals surface area contributed by atoms with Gasteiger partial charge in [-0.1, -0.05) is 52.0 Å². The van der Waals surface area contributed by atoms with Crippen LogP contribution in [0.2, 0.25) is 0 Å². The predicted octanol–water partition coefficient (Wildman–Crippen LogP) is 8.35. The first-order valence-corrected chi connectivity index (χ1v) is 13.3. The molecule has 2 aliphatic carbocycles. The molecule has 0 saturated heterocycles. The minimum absolute atomic E-state index is 0.0262. The SMILES string of the molecule is COc1ccc(-c2cc3c(O)cc4c(c3cc2OC)-c2ccccc2C42C(C)(C)CCC2(C)C)c(OC)c1. The van der Waals surface area contributed by atoms with Gasteiger partial charge in [0.05, 0.1) is 21.3 Å². The van der Waals surface area contributed by atoms with Gasteiger partial charge in [0.15, 0.2) is 0 Å². The van der Waals surface area contributed by atoms with Gasteiger partial charge in [-0.3, -0.25) is 0 Å². The van der Waals surface area contributed by atoms with E-state index >= 15 is 0 Å². The topological polar surface area (TPSA) is 47.9 Å². The summed E-state index contributed by atoms with van der Waals surface area (Å²) >= 11 is 0. The van der Waals surface area contributed by atoms with Gasteiger partial charge in [-0.15, -0.1) is 0 Å². The van der Waals surface area contributed by atoms with Crippen molar-refractivity contribution in [3.8, 4) is 45.3 Å². The van der Waals surface area contributed by atoms with E-state index in [-0.39, 0.29) is 16.2 Å². The van der Waals surface area contributed by atoms with E-state index in [0.717, 1.165) is 46.2 Å². The summed E-state index contributed by atoms with van der Waals surface area (Å²) in [5.41, 5.74) is 6.65. The summed E-state index contributed by atoms with van der Waals surface area (Å²) in [6.45, 7) is 9.59. The van der Waals surface area contributed by atoms with Crippen LogP contribution in [-0.4, -0.2) is 26.4 Å². The lowest BCUT2D eigenvalue weighted by atomic mass is 9.54. The maximum atomic E-state index is 11.7. The van der Waals surface area contributed by atoms with Crippen LogP contribution in [-0.2, 0) is 5.41 Å². The van der Waals surface area contributed by atoms with E-state index in [2.05, 4.69) is 58.0 Å². The van der Waals surface area contributed by atoms with Crippen LogP contribution in [0.4, 0.5) is 0 Å². The van der Waals surface area contributed by atoms with Crippen LogP contribution in [0.25, 0.3) is 33.0 Å². The molecule has 1 saturated carbocycles. The van der Waals surface area contributed by atoms with E-state index in [1.807, 2.05) is 30.3 Å². The van der Waals surface area contributed by atoms with Gasteiger partial charge in [-0.05, 0) is 81.6 Å². The molecule has 1 spiro atoms. The normalized spacial score (nSPS) is 17.9. The third-order valence-corrected chi connectivity index (χ3v) is 9.54. The monoisotopic (exact) mass is 508 g/mol. The molecule has 0 amide bonds. The molecular weight excluding hydrogens is 472 g/mol. The van der Waals surface area contributed by atoms with E-state index < -0.39 is 0 Å². The number of ether oxygens (including phenoxy) is 3. The molecule has 1 N–H and O–H groups in total. The van der Waals surface area contributed by atoms with Gasteiger partial charge in [0.2, 0.25) is 0 Å². The Morgan fingerprint density at radius 2 is 1.29 bits per heavy atom. The molecule has 2 aliphatic rings. The van der Waals surface area contributed by atoms with Gasteiger partial charge >= 0.3 is 0 Å². The zero-order valence-electron chi connectivity index (χ0n) is 23.4. The lowest BCUT2D eigenvalue weighted by Gasteiger charge is -2.49. The number of phenols is 1. The number of hydrogen-bond donors (Lipinski definition) is 1. The molecule has 1 fully saturated rings. The van der Waals surface area contributed by atoms with Crippen molar-refractivity contribution in [2.75, 3.05) is 21.3 Å². The standard InChI is InChI=1S/C34H36O4/c1-32(2)14-15-33(3,4)34(32)26-11-9-8-10-22(26)31-25-18-30(38-7)24(17-23(25)28(35)19-27(31)34)21-13-12-20(36-5)16-29(21)37-6/h8-13,16-19,35H,14-15H2,1-7H3. The maximum absolute atomic E-state index is 11.7. The smallest absolute Gasteiger partial charge is 0.130 e. The first-order chi connectivity index (χ1) is 18.1. The Bertz CT molecular complexity index is 1580. The predicted molar refractivity (Wildman–Crippen MR) is 154 cm³/mol. The van der Waals surface area contributed by atoms with E-state index in [1.54, 1.807) is 21.3 Å². The quantitative estimate of drug-likeness (QED) is 0.301. The molecule has 4 nitrogen and oxygen atoms in total. The molecule has 0 radical (unpaired) electrons. The Balaban J connectivity index is 1.71. The summed E-state index contributed by atoms with van der Waals surface area (Å²) in [5.74, 6) is 2.43. The zero-order valence-corrected chi connectivity index (χ0v) is 23.4. The van der Waals surface area contributed by atoms with Crippen LogP contribution in [0.1, 0.15) is 51.7 Å². The van der Waals surface area contributed by atoms with Gasteiger partial charge in [-0.25, -0.2) is 0 Å². The van der Waals surface area contributed by atoms with Crippen molar-refractivity contribution in [1.29, 1.82) is 0 Å². The Labute approximate surface area is 225 Å². The highest BCUT2D eigenvalue weighted by Crippen LogP contribution is 2.72. The highest BCUT2D eigenvalue weighted by Gasteiger charge is 2.64. The largest absolute Gasteiger partial charge is 0.507 e. The second-order valence-electron chi connectivity index (χ2n) is 12.0. The number of methoxy groups -OCH3 is 3. The Morgan fingerprint density at radius 1 is 0.632 bits per heavy atom. The molecule has 196 valence electrons. The minimum atomic E-state index is -0.206. The molecule has 0 atom stereocenters. The van der Waals surface area contributed by atoms with Gasteiger partial charge in [0, 0.05) is 28.0 Å². The molecule has 0 aromatic heterocycles. The van der Waals surface area contributed by atoms with Gasteiger partial charge < -0.3 is 19.3 Å². The van der Waals surface area contributed by atoms with E-state index in [9.17, 15) is 5.11 Å². The first-order valence-electron chi connectivity index (χ1n) is 13.3. The summed E-state index contributed by atoms with van der Waals surface area (Å²) in [5, 5.41) is 13.5. The highest BCUT2D eigenvalue weighted by molar-refractivity contribution is 6.08. The van der Waals surface area contributed by atoms with Crippen LogP contribution >= 0.6 is 0 Å². The van der Waals surface area contributed by atoms with Crippen molar-refractivity contribution in [3.05, 3.63) is 71.8 Å². The fraction of sp³-hybridized carbons (Fsp3) is 0.353. The highest BCUT2D eigenvalue weighted by atomic mass is 16.5. The number of aromatic hydroxyl groups is 1. The third-order valence-electron chi connectivity index (χ3n) is 9.54. The number of fused-ring (bicyclic) bond motifs is 7. The van der Waals surface area contributed by atoms with Gasteiger partial charge in [-0.2, -0.15) is 0 Å². The first kappa shape index (κ1) is 24.7. The van der Waals surface area contributed by atoms with Gasteiger partial charge in [0.25, 0.3) is 0 Å².